The molecule has 24 heavy (non-hydrogen) atoms. The number of nitrogens with zero attached hydrogens (tertiary/aromatic N) is 1. The van der Waals surface area contributed by atoms with E-state index in [0.717, 1.165) is 32.2 Å². The maximum atomic E-state index is 10.5. The maximum absolute atomic E-state index is 10.5. The highest BCUT2D eigenvalue weighted by Crippen LogP contribution is 2.57. The molecule has 1 aromatic carbocycles. The van der Waals surface area contributed by atoms with Crippen LogP contribution in [0.15, 0.2) is 12.1 Å². The van der Waals surface area contributed by atoms with Gasteiger partial charge < -0.3 is 24.6 Å². The van der Waals surface area contributed by atoms with E-state index in [1.165, 1.54) is 11.1 Å². The fourth-order valence-corrected chi connectivity index (χ4v) is 5.56. The summed E-state index contributed by atoms with van der Waals surface area (Å²) in [5.74, 6) is 1.17. The topological polar surface area (TPSA) is 62.2 Å². The van der Waals surface area contributed by atoms with E-state index in [9.17, 15) is 10.2 Å². The molecule has 5 atom stereocenters. The normalized spacial score (nSPS) is 38.3. The summed E-state index contributed by atoms with van der Waals surface area (Å²) in [6, 6.07) is 4.32. The van der Waals surface area contributed by atoms with Crippen LogP contribution in [0.2, 0.25) is 0 Å². The van der Waals surface area contributed by atoms with Crippen LogP contribution in [0.4, 0.5) is 0 Å². The quantitative estimate of drug-likeness (QED) is 0.862. The second-order valence-corrected chi connectivity index (χ2v) is 7.73. The smallest absolute Gasteiger partial charge is 0.160 e. The average Bonchev–Trinajstić information content (AvgIpc) is 2.57. The van der Waals surface area contributed by atoms with Crippen molar-refractivity contribution in [1.82, 2.24) is 4.90 Å². The third-order valence-electron chi connectivity index (χ3n) is 6.81. The second-order valence-electron chi connectivity index (χ2n) is 7.73. The molecule has 1 aliphatic heterocycles. The van der Waals surface area contributed by atoms with Gasteiger partial charge in [-0.1, -0.05) is 0 Å². The van der Waals surface area contributed by atoms with Crippen LogP contribution in [-0.4, -0.2) is 61.2 Å². The lowest BCUT2D eigenvalue weighted by atomic mass is 9.51. The zero-order valence-corrected chi connectivity index (χ0v) is 14.7. The Kier molecular flexibility index (Phi) is 3.79. The van der Waals surface area contributed by atoms with E-state index in [-0.39, 0.29) is 17.3 Å². The number of hydrogen-bond donors (Lipinski definition) is 2. The van der Waals surface area contributed by atoms with Gasteiger partial charge in [-0.25, -0.2) is 0 Å². The fourth-order valence-electron chi connectivity index (χ4n) is 5.56. The summed E-state index contributed by atoms with van der Waals surface area (Å²) in [6.45, 7) is 1.05. The monoisotopic (exact) mass is 333 g/mol. The van der Waals surface area contributed by atoms with Gasteiger partial charge in [0, 0.05) is 18.6 Å². The van der Waals surface area contributed by atoms with Crippen LogP contribution < -0.4 is 4.74 Å². The van der Waals surface area contributed by atoms with E-state index in [1.807, 2.05) is 12.1 Å². The van der Waals surface area contributed by atoms with Gasteiger partial charge in [0.25, 0.3) is 0 Å². The van der Waals surface area contributed by atoms with E-state index in [4.69, 9.17) is 9.47 Å². The maximum Gasteiger partial charge on any atom is 0.160 e. The van der Waals surface area contributed by atoms with Crippen molar-refractivity contribution in [3.63, 3.8) is 0 Å². The number of ether oxygens (including phenoxy) is 2. The molecule has 1 saturated heterocycles. The lowest BCUT2D eigenvalue weighted by Gasteiger charge is -2.60. The number of hydrogen-bond acceptors (Lipinski definition) is 5. The van der Waals surface area contributed by atoms with E-state index >= 15 is 0 Å². The van der Waals surface area contributed by atoms with E-state index in [0.29, 0.717) is 17.7 Å². The van der Waals surface area contributed by atoms with Crippen molar-refractivity contribution in [2.75, 3.05) is 27.8 Å². The first-order valence-corrected chi connectivity index (χ1v) is 8.81. The first kappa shape index (κ1) is 16.2. The number of aromatic hydroxyl groups is 1. The Balaban J connectivity index is 1.88. The van der Waals surface area contributed by atoms with Crippen molar-refractivity contribution in [2.24, 2.45) is 5.92 Å². The molecule has 2 unspecified atom stereocenters. The molecule has 132 valence electrons. The van der Waals surface area contributed by atoms with Gasteiger partial charge in [-0.05, 0) is 68.5 Å². The molecule has 0 amide bonds. The minimum absolute atomic E-state index is 0.00560. The summed E-state index contributed by atoms with van der Waals surface area (Å²) >= 11 is 0. The first-order valence-electron chi connectivity index (χ1n) is 8.81. The van der Waals surface area contributed by atoms with Gasteiger partial charge in [-0.3, -0.25) is 0 Å². The molecule has 2 N–H and O–H groups in total. The Hall–Kier alpha value is -1.30. The number of likely N-dealkylation sites (tertiary alicyclic amines) is 1. The van der Waals surface area contributed by atoms with Crippen LogP contribution in [-0.2, 0) is 16.6 Å². The molecular weight excluding hydrogens is 306 g/mol. The highest BCUT2D eigenvalue weighted by Gasteiger charge is 2.57. The van der Waals surface area contributed by atoms with Crippen molar-refractivity contribution in [3.05, 3.63) is 23.3 Å². The fraction of sp³-hybridized carbons (Fsp3) is 0.684. The summed E-state index contributed by atoms with van der Waals surface area (Å²) in [6.07, 6.45) is 3.05. The number of aliphatic hydroxyl groups is 1. The summed E-state index contributed by atoms with van der Waals surface area (Å²) in [4.78, 5) is 2.42. The van der Waals surface area contributed by atoms with Gasteiger partial charge in [0.1, 0.15) is 0 Å². The molecule has 0 aromatic heterocycles. The third kappa shape index (κ3) is 2.11. The van der Waals surface area contributed by atoms with Crippen molar-refractivity contribution in [3.8, 4) is 11.5 Å². The standard InChI is InChI=1S/C19H27NO4/c1-20-5-4-19-10-18(24-3)16(22)8-13(19)14(20)6-11-7-15(21)17(23-2)9-12(11)19/h7,9,13-14,16,18,21-22H,4-6,8,10H2,1-3H3/t13-,14+,16?,18?,19+/m0/s1. The van der Waals surface area contributed by atoms with E-state index in [2.05, 4.69) is 11.9 Å². The number of rotatable bonds is 2. The number of likely N-dealkylation sites (N-methyl/N-ethyl adjacent to an activating group) is 1. The number of aliphatic hydroxyl groups excluding tert-OH is 1. The number of benzene rings is 1. The molecule has 2 bridgehead atoms. The molecular formula is C19H27NO4. The van der Waals surface area contributed by atoms with Crippen molar-refractivity contribution < 1.29 is 19.7 Å². The molecule has 5 heteroatoms. The van der Waals surface area contributed by atoms with Gasteiger partial charge >= 0.3 is 0 Å². The highest BCUT2D eigenvalue weighted by atomic mass is 16.5. The van der Waals surface area contributed by atoms with Crippen LogP contribution in [0.5, 0.6) is 11.5 Å². The van der Waals surface area contributed by atoms with Gasteiger partial charge in [-0.2, -0.15) is 0 Å². The molecule has 5 nitrogen and oxygen atoms in total. The largest absolute Gasteiger partial charge is 0.504 e. The average molecular weight is 333 g/mol. The van der Waals surface area contributed by atoms with Crippen LogP contribution in [0.25, 0.3) is 0 Å². The Labute approximate surface area is 143 Å². The number of phenols is 1. The van der Waals surface area contributed by atoms with E-state index < -0.39 is 6.10 Å². The lowest BCUT2D eigenvalue weighted by molar-refractivity contribution is -0.114. The first-order chi connectivity index (χ1) is 11.5. The molecule has 3 aliphatic rings. The molecule has 1 heterocycles. The SMILES string of the molecule is COc1cc2c(cc1O)C[C@@H]1[C@@H]3CC(O)C(OC)C[C@]23CCN1C. The lowest BCUT2D eigenvalue weighted by Crippen LogP contribution is -2.63. The molecule has 0 radical (unpaired) electrons. The molecule has 2 fully saturated rings. The molecule has 1 aromatic rings. The summed E-state index contributed by atoms with van der Waals surface area (Å²) in [7, 11) is 5.47. The number of piperidine rings is 1. The highest BCUT2D eigenvalue weighted by molar-refractivity contribution is 5.52. The number of fused-ring (bicyclic) bond motifs is 1. The minimum atomic E-state index is -0.400. The van der Waals surface area contributed by atoms with Crippen molar-refractivity contribution >= 4 is 0 Å². The Morgan fingerprint density at radius 1 is 1.29 bits per heavy atom. The predicted molar refractivity (Wildman–Crippen MR) is 90.6 cm³/mol. The Bertz CT molecular complexity index is 648. The van der Waals surface area contributed by atoms with Gasteiger partial charge in [0.15, 0.2) is 11.5 Å². The third-order valence-corrected chi connectivity index (χ3v) is 6.81. The van der Waals surface area contributed by atoms with E-state index in [1.54, 1.807) is 14.2 Å². The molecule has 0 spiro atoms. The molecule has 4 rings (SSSR count). The predicted octanol–water partition coefficient (Wildman–Crippen LogP) is 1.68. The minimum Gasteiger partial charge on any atom is -0.504 e. The van der Waals surface area contributed by atoms with Gasteiger partial charge in [-0.15, -0.1) is 0 Å². The van der Waals surface area contributed by atoms with Gasteiger partial charge in [0.2, 0.25) is 0 Å². The molecule has 2 aliphatic carbocycles. The number of phenolic OH excluding ortho intramolecular Hbond substituents is 1. The van der Waals surface area contributed by atoms with Crippen molar-refractivity contribution in [2.45, 2.75) is 49.3 Å². The summed E-state index contributed by atoms with van der Waals surface area (Å²) in [5.41, 5.74) is 2.51. The summed E-state index contributed by atoms with van der Waals surface area (Å²) in [5, 5.41) is 20.8. The summed E-state index contributed by atoms with van der Waals surface area (Å²) < 4.78 is 11.0. The van der Waals surface area contributed by atoms with Crippen LogP contribution in [0.3, 0.4) is 0 Å². The van der Waals surface area contributed by atoms with Gasteiger partial charge in [0.05, 0.1) is 19.3 Å². The second kappa shape index (κ2) is 5.61. The van der Waals surface area contributed by atoms with Crippen LogP contribution >= 0.6 is 0 Å². The Morgan fingerprint density at radius 3 is 2.79 bits per heavy atom. The molecule has 1 saturated carbocycles. The van der Waals surface area contributed by atoms with Crippen LogP contribution in [0, 0.1) is 5.92 Å². The zero-order valence-electron chi connectivity index (χ0n) is 14.7. The zero-order chi connectivity index (χ0) is 17.1. The number of methoxy groups -OCH3 is 2. The van der Waals surface area contributed by atoms with Crippen molar-refractivity contribution in [1.29, 1.82) is 0 Å². The Morgan fingerprint density at radius 2 is 2.08 bits per heavy atom. The van der Waals surface area contributed by atoms with Crippen LogP contribution in [0.1, 0.15) is 30.4 Å².